The number of pyridine rings is 1. The highest BCUT2D eigenvalue weighted by Crippen LogP contribution is 2.64. The molecule has 1 N–H and O–H groups in total. The van der Waals surface area contributed by atoms with Gasteiger partial charge in [-0.15, -0.1) is 0 Å². The fraction of sp³-hybridized carbons (Fsp3) is 0.625. The molecule has 0 aromatic carbocycles. The quantitative estimate of drug-likeness (QED) is 0.814. The Labute approximate surface area is 140 Å². The molecule has 0 atom stereocenters. The van der Waals surface area contributed by atoms with Crippen molar-refractivity contribution < 1.29 is 31.5 Å². The van der Waals surface area contributed by atoms with Crippen molar-refractivity contribution in [2.24, 2.45) is 11.3 Å². The fourth-order valence-electron chi connectivity index (χ4n) is 3.63. The van der Waals surface area contributed by atoms with Gasteiger partial charge >= 0.3 is 6.18 Å². The Morgan fingerprint density at radius 2 is 2.00 bits per heavy atom. The third-order valence-corrected chi connectivity index (χ3v) is 4.65. The second-order valence-corrected chi connectivity index (χ2v) is 6.94. The Bertz CT molecular complexity index is 646. The molecular formula is C16H17F5N2O2. The Hall–Kier alpha value is -1.93. The maximum Gasteiger partial charge on any atom is 0.422 e. The number of alkyl halides is 5. The van der Waals surface area contributed by atoms with Gasteiger partial charge in [-0.2, -0.15) is 13.2 Å². The first-order valence-electron chi connectivity index (χ1n) is 7.86. The van der Waals surface area contributed by atoms with Crippen molar-refractivity contribution in [2.75, 3.05) is 6.61 Å². The third-order valence-electron chi connectivity index (χ3n) is 4.65. The first-order chi connectivity index (χ1) is 11.6. The minimum atomic E-state index is -4.45. The molecular weight excluding hydrogens is 347 g/mol. The Kier molecular flexibility index (Phi) is 4.36. The van der Waals surface area contributed by atoms with E-state index in [1.807, 2.05) is 0 Å². The molecule has 0 radical (unpaired) electrons. The van der Waals surface area contributed by atoms with Crippen LogP contribution in [0.2, 0.25) is 0 Å². The summed E-state index contributed by atoms with van der Waals surface area (Å²) in [6, 6.07) is 2.87. The summed E-state index contributed by atoms with van der Waals surface area (Å²) < 4.78 is 66.8. The Balaban J connectivity index is 1.44. The van der Waals surface area contributed by atoms with Crippen LogP contribution in [0.1, 0.15) is 31.2 Å². The lowest BCUT2D eigenvalue weighted by Crippen LogP contribution is -2.56. The van der Waals surface area contributed by atoms with Gasteiger partial charge in [0.15, 0.2) is 6.61 Å². The molecule has 1 aromatic rings. The van der Waals surface area contributed by atoms with E-state index in [4.69, 9.17) is 0 Å². The van der Waals surface area contributed by atoms with Gasteiger partial charge in [-0.3, -0.25) is 4.79 Å². The van der Waals surface area contributed by atoms with Crippen LogP contribution in [0, 0.1) is 11.3 Å². The summed E-state index contributed by atoms with van der Waals surface area (Å²) in [5, 5.41) is 2.68. The smallest absolute Gasteiger partial charge is 0.422 e. The van der Waals surface area contributed by atoms with Gasteiger partial charge in [-0.25, -0.2) is 13.8 Å². The van der Waals surface area contributed by atoms with Gasteiger partial charge in [-0.1, -0.05) is 0 Å². The topological polar surface area (TPSA) is 51.2 Å². The molecule has 0 saturated heterocycles. The molecule has 2 aliphatic rings. The number of rotatable bonds is 5. The fourth-order valence-corrected chi connectivity index (χ4v) is 3.63. The van der Waals surface area contributed by atoms with Gasteiger partial charge in [-0.05, 0) is 29.9 Å². The summed E-state index contributed by atoms with van der Waals surface area (Å²) in [7, 11) is 0. The second kappa shape index (κ2) is 6.10. The van der Waals surface area contributed by atoms with Crippen molar-refractivity contribution in [1.82, 2.24) is 10.3 Å². The van der Waals surface area contributed by atoms with E-state index in [0.717, 1.165) is 0 Å². The molecule has 3 rings (SSSR count). The molecule has 0 aliphatic heterocycles. The summed E-state index contributed by atoms with van der Waals surface area (Å²) in [5.41, 5.74) is 0.172. The standard InChI is InChI=1S/C16H17F5N2O2/c17-15(18)7-14(8-15)4-11(5-14)13(24)23-6-10-1-2-22-12(3-10)25-9-16(19,20)21/h1-3,11H,4-9H2,(H,23,24). The van der Waals surface area contributed by atoms with Crippen LogP contribution in [0.5, 0.6) is 5.88 Å². The highest BCUT2D eigenvalue weighted by molar-refractivity contribution is 5.79. The lowest BCUT2D eigenvalue weighted by atomic mass is 9.50. The van der Waals surface area contributed by atoms with Crippen molar-refractivity contribution in [2.45, 2.75) is 44.3 Å². The van der Waals surface area contributed by atoms with Crippen molar-refractivity contribution in [3.63, 3.8) is 0 Å². The number of nitrogens with zero attached hydrogens (tertiary/aromatic N) is 1. The van der Waals surface area contributed by atoms with Crippen molar-refractivity contribution >= 4 is 5.91 Å². The van der Waals surface area contributed by atoms with Gasteiger partial charge in [0.05, 0.1) is 0 Å². The van der Waals surface area contributed by atoms with Gasteiger partial charge < -0.3 is 10.1 Å². The predicted octanol–water partition coefficient (Wildman–Crippen LogP) is 3.46. The zero-order chi connectivity index (χ0) is 18.3. The lowest BCUT2D eigenvalue weighted by Gasteiger charge is -2.56. The number of nitrogens with one attached hydrogen (secondary N) is 1. The van der Waals surface area contributed by atoms with E-state index in [0.29, 0.717) is 18.4 Å². The molecule has 1 aromatic heterocycles. The van der Waals surface area contributed by atoms with Crippen LogP contribution in [0.4, 0.5) is 22.0 Å². The minimum Gasteiger partial charge on any atom is -0.468 e. The molecule has 1 spiro atoms. The zero-order valence-corrected chi connectivity index (χ0v) is 13.2. The van der Waals surface area contributed by atoms with E-state index >= 15 is 0 Å². The van der Waals surface area contributed by atoms with E-state index < -0.39 is 18.7 Å². The number of carbonyl (C=O) groups is 1. The zero-order valence-electron chi connectivity index (χ0n) is 13.2. The Morgan fingerprint density at radius 3 is 2.60 bits per heavy atom. The van der Waals surface area contributed by atoms with Crippen molar-refractivity contribution in [3.8, 4) is 5.88 Å². The average molecular weight is 364 g/mol. The first kappa shape index (κ1) is 17.9. The number of hydrogen-bond acceptors (Lipinski definition) is 3. The third kappa shape index (κ3) is 4.38. The highest BCUT2D eigenvalue weighted by atomic mass is 19.4. The van der Waals surface area contributed by atoms with E-state index in [9.17, 15) is 26.7 Å². The number of halogens is 5. The van der Waals surface area contributed by atoms with Crippen molar-refractivity contribution in [3.05, 3.63) is 23.9 Å². The molecule has 1 amide bonds. The summed E-state index contributed by atoms with van der Waals surface area (Å²) >= 11 is 0. The van der Waals surface area contributed by atoms with Crippen LogP contribution in [0.25, 0.3) is 0 Å². The number of carbonyl (C=O) groups excluding carboxylic acids is 1. The number of hydrogen-bond donors (Lipinski definition) is 1. The molecule has 1 heterocycles. The first-order valence-corrected chi connectivity index (χ1v) is 7.86. The molecule has 4 nitrogen and oxygen atoms in total. The van der Waals surface area contributed by atoms with Gasteiger partial charge in [0.1, 0.15) is 0 Å². The number of aromatic nitrogens is 1. The van der Waals surface area contributed by atoms with E-state index in [1.54, 1.807) is 6.07 Å². The second-order valence-electron chi connectivity index (χ2n) is 6.94. The van der Waals surface area contributed by atoms with Gasteiger partial charge in [0.25, 0.3) is 0 Å². The molecule has 2 aliphatic carbocycles. The van der Waals surface area contributed by atoms with Crippen LogP contribution >= 0.6 is 0 Å². The number of ether oxygens (including phenoxy) is 1. The maximum atomic E-state index is 12.9. The largest absolute Gasteiger partial charge is 0.468 e. The van der Waals surface area contributed by atoms with Crippen LogP contribution in [-0.4, -0.2) is 29.6 Å². The van der Waals surface area contributed by atoms with Gasteiger partial charge in [0.2, 0.25) is 17.7 Å². The summed E-state index contributed by atoms with van der Waals surface area (Å²) in [4.78, 5) is 15.7. The molecule has 2 saturated carbocycles. The van der Waals surface area contributed by atoms with E-state index in [-0.39, 0.29) is 42.5 Å². The molecule has 9 heteroatoms. The minimum absolute atomic E-state index is 0.114. The summed E-state index contributed by atoms with van der Waals surface area (Å²) in [6.45, 7) is -1.33. The molecule has 2 fully saturated rings. The molecule has 0 bridgehead atoms. The van der Waals surface area contributed by atoms with Gasteiger partial charge in [0, 0.05) is 37.6 Å². The molecule has 25 heavy (non-hydrogen) atoms. The number of amides is 1. The van der Waals surface area contributed by atoms with E-state index in [2.05, 4.69) is 15.0 Å². The molecule has 138 valence electrons. The van der Waals surface area contributed by atoms with Crippen LogP contribution < -0.4 is 10.1 Å². The monoisotopic (exact) mass is 364 g/mol. The SMILES string of the molecule is O=C(NCc1ccnc(OCC(F)(F)F)c1)C1CC2(C1)CC(F)(F)C2. The normalized spacial score (nSPS) is 21.3. The van der Waals surface area contributed by atoms with Crippen LogP contribution in [-0.2, 0) is 11.3 Å². The molecule has 0 unspecified atom stereocenters. The highest BCUT2D eigenvalue weighted by Gasteiger charge is 2.62. The van der Waals surface area contributed by atoms with Crippen LogP contribution in [0.15, 0.2) is 18.3 Å². The van der Waals surface area contributed by atoms with Crippen LogP contribution in [0.3, 0.4) is 0 Å². The lowest BCUT2D eigenvalue weighted by molar-refractivity contribution is -0.207. The van der Waals surface area contributed by atoms with Crippen molar-refractivity contribution in [1.29, 1.82) is 0 Å². The summed E-state index contributed by atoms with van der Waals surface area (Å²) in [5.74, 6) is -3.27. The Morgan fingerprint density at radius 1 is 1.32 bits per heavy atom. The summed E-state index contributed by atoms with van der Waals surface area (Å²) in [6.07, 6.45) is -2.52. The predicted molar refractivity (Wildman–Crippen MR) is 77.0 cm³/mol. The van der Waals surface area contributed by atoms with E-state index in [1.165, 1.54) is 12.3 Å². The maximum absolute atomic E-state index is 12.9. The average Bonchev–Trinajstić information content (AvgIpc) is 2.45.